The molecular weight excluding hydrogens is 234 g/mol. The molecule has 0 spiro atoms. The van der Waals surface area contributed by atoms with Gasteiger partial charge in [-0.2, -0.15) is 0 Å². The molecule has 98 valence electrons. The number of carbonyl (C=O) groups excluding carboxylic acids is 1. The Hall–Kier alpha value is -2.09. The maximum absolute atomic E-state index is 11.9. The number of rotatable bonds is 2. The Morgan fingerprint density at radius 3 is 1.89 bits per heavy atom. The molecule has 0 radical (unpaired) electrons. The molecule has 0 aliphatic rings. The molecule has 0 atom stereocenters. The minimum absolute atomic E-state index is 0.359. The van der Waals surface area contributed by atoms with Crippen molar-refractivity contribution in [3.63, 3.8) is 0 Å². The number of nitrogens with two attached hydrogens (primary N) is 1. The van der Waals surface area contributed by atoms with Crippen LogP contribution in [0.25, 0.3) is 11.1 Å². The van der Waals surface area contributed by atoms with Crippen LogP contribution in [0.3, 0.4) is 0 Å². The predicted molar refractivity (Wildman–Crippen MR) is 79.3 cm³/mol. The lowest BCUT2D eigenvalue weighted by Gasteiger charge is -2.19. The smallest absolute Gasteiger partial charge is 0.249 e. The largest absolute Gasteiger partial charge is 0.366 e. The molecule has 0 aliphatic heterocycles. The van der Waals surface area contributed by atoms with E-state index < -0.39 is 0 Å². The molecule has 0 unspecified atom stereocenters. The van der Waals surface area contributed by atoms with Gasteiger partial charge in [-0.15, -0.1) is 0 Å². The van der Waals surface area contributed by atoms with E-state index in [1.165, 1.54) is 5.56 Å². The summed E-state index contributed by atoms with van der Waals surface area (Å²) in [5, 5.41) is 0. The summed E-state index contributed by atoms with van der Waals surface area (Å²) >= 11 is 0. The van der Waals surface area contributed by atoms with Crippen LogP contribution in [0, 0.1) is 27.7 Å². The Bertz CT molecular complexity index is 642. The zero-order chi connectivity index (χ0) is 14.2. The van der Waals surface area contributed by atoms with Gasteiger partial charge in [-0.25, -0.2) is 0 Å². The van der Waals surface area contributed by atoms with Crippen molar-refractivity contribution in [1.82, 2.24) is 0 Å². The van der Waals surface area contributed by atoms with Gasteiger partial charge >= 0.3 is 0 Å². The van der Waals surface area contributed by atoms with Gasteiger partial charge in [0.15, 0.2) is 0 Å². The Morgan fingerprint density at radius 2 is 1.37 bits per heavy atom. The van der Waals surface area contributed by atoms with Crippen LogP contribution in [0.1, 0.15) is 32.6 Å². The highest BCUT2D eigenvalue weighted by Crippen LogP contribution is 2.34. The maximum Gasteiger partial charge on any atom is 0.249 e. The van der Waals surface area contributed by atoms with Crippen LogP contribution in [0.4, 0.5) is 0 Å². The van der Waals surface area contributed by atoms with Gasteiger partial charge in [-0.1, -0.05) is 30.3 Å². The van der Waals surface area contributed by atoms with E-state index in [0.29, 0.717) is 5.56 Å². The van der Waals surface area contributed by atoms with Crippen LogP contribution in [0.2, 0.25) is 0 Å². The molecule has 0 aromatic heterocycles. The average Bonchev–Trinajstić information content (AvgIpc) is 2.40. The summed E-state index contributed by atoms with van der Waals surface area (Å²) in [6.07, 6.45) is 0. The van der Waals surface area contributed by atoms with Crippen molar-refractivity contribution in [2.24, 2.45) is 5.73 Å². The van der Waals surface area contributed by atoms with Crippen molar-refractivity contribution < 1.29 is 4.79 Å². The third-order valence-corrected chi connectivity index (χ3v) is 4.00. The summed E-state index contributed by atoms with van der Waals surface area (Å²) in [5.74, 6) is -0.359. The number of carbonyl (C=O) groups is 1. The fraction of sp³-hybridized carbons (Fsp3) is 0.235. The molecule has 0 saturated carbocycles. The van der Waals surface area contributed by atoms with E-state index in [1.807, 2.05) is 44.2 Å². The minimum Gasteiger partial charge on any atom is -0.366 e. The van der Waals surface area contributed by atoms with Crippen LogP contribution in [-0.2, 0) is 0 Å². The molecule has 0 saturated heterocycles. The number of hydrogen-bond donors (Lipinski definition) is 1. The summed E-state index contributed by atoms with van der Waals surface area (Å²) in [6.45, 7) is 8.15. The second kappa shape index (κ2) is 4.88. The third kappa shape index (κ3) is 2.14. The van der Waals surface area contributed by atoms with Gasteiger partial charge in [0.1, 0.15) is 0 Å². The quantitative estimate of drug-likeness (QED) is 0.871. The van der Waals surface area contributed by atoms with E-state index >= 15 is 0 Å². The van der Waals surface area contributed by atoms with Crippen LogP contribution in [-0.4, -0.2) is 5.91 Å². The molecule has 2 rings (SSSR count). The highest BCUT2D eigenvalue weighted by molar-refractivity contribution is 6.02. The number of hydrogen-bond acceptors (Lipinski definition) is 1. The van der Waals surface area contributed by atoms with Crippen LogP contribution >= 0.6 is 0 Å². The first-order chi connectivity index (χ1) is 8.95. The Balaban J connectivity index is 2.90. The van der Waals surface area contributed by atoms with Gasteiger partial charge < -0.3 is 5.73 Å². The molecule has 2 aromatic rings. The molecule has 2 heteroatoms. The minimum atomic E-state index is -0.359. The fourth-order valence-corrected chi connectivity index (χ4v) is 2.59. The molecule has 0 bridgehead atoms. The zero-order valence-corrected chi connectivity index (χ0v) is 11.9. The van der Waals surface area contributed by atoms with Crippen molar-refractivity contribution in [3.8, 4) is 11.1 Å². The Kier molecular flexibility index (Phi) is 3.43. The number of benzene rings is 2. The molecule has 2 nitrogen and oxygen atoms in total. The standard InChI is InChI=1S/C17H19NO/c1-10-11(2)13(4)16(17(18)19)15(12(10)3)14-8-6-5-7-9-14/h5-9H,1-4H3,(H2,18,19). The molecule has 2 N–H and O–H groups in total. The molecule has 1 amide bonds. The van der Waals surface area contributed by atoms with Crippen molar-refractivity contribution >= 4 is 5.91 Å². The normalized spacial score (nSPS) is 10.5. The van der Waals surface area contributed by atoms with E-state index in [0.717, 1.165) is 27.8 Å². The van der Waals surface area contributed by atoms with Crippen molar-refractivity contribution in [3.05, 3.63) is 58.1 Å². The van der Waals surface area contributed by atoms with E-state index in [4.69, 9.17) is 5.73 Å². The van der Waals surface area contributed by atoms with Crippen LogP contribution in [0.15, 0.2) is 30.3 Å². The van der Waals surface area contributed by atoms with Gasteiger partial charge in [0, 0.05) is 0 Å². The first-order valence-electron chi connectivity index (χ1n) is 6.40. The van der Waals surface area contributed by atoms with E-state index in [1.54, 1.807) is 0 Å². The zero-order valence-electron chi connectivity index (χ0n) is 11.9. The maximum atomic E-state index is 11.9. The Morgan fingerprint density at radius 1 is 0.842 bits per heavy atom. The van der Waals surface area contributed by atoms with E-state index in [-0.39, 0.29) is 5.91 Å². The summed E-state index contributed by atoms with van der Waals surface area (Å²) in [7, 11) is 0. The molecule has 0 fully saturated rings. The van der Waals surface area contributed by atoms with Crippen molar-refractivity contribution in [2.75, 3.05) is 0 Å². The topological polar surface area (TPSA) is 43.1 Å². The second-order valence-corrected chi connectivity index (χ2v) is 4.98. The Labute approximate surface area is 114 Å². The SMILES string of the molecule is Cc1c(C)c(C)c(-c2ccccc2)c(C(N)=O)c1C. The van der Waals surface area contributed by atoms with E-state index in [2.05, 4.69) is 13.8 Å². The van der Waals surface area contributed by atoms with Crippen LogP contribution < -0.4 is 5.73 Å². The van der Waals surface area contributed by atoms with Crippen molar-refractivity contribution in [2.45, 2.75) is 27.7 Å². The molecule has 0 aliphatic carbocycles. The monoisotopic (exact) mass is 253 g/mol. The fourth-order valence-electron chi connectivity index (χ4n) is 2.59. The molecule has 19 heavy (non-hydrogen) atoms. The molecular formula is C17H19NO. The summed E-state index contributed by atoms with van der Waals surface area (Å²) < 4.78 is 0. The van der Waals surface area contributed by atoms with Gasteiger partial charge in [0.05, 0.1) is 5.56 Å². The molecule has 0 heterocycles. The lowest BCUT2D eigenvalue weighted by Crippen LogP contribution is -2.16. The summed E-state index contributed by atoms with van der Waals surface area (Å²) in [5.41, 5.74) is 12.7. The number of amides is 1. The van der Waals surface area contributed by atoms with Gasteiger partial charge in [0.25, 0.3) is 0 Å². The lowest BCUT2D eigenvalue weighted by atomic mass is 9.85. The van der Waals surface area contributed by atoms with Crippen molar-refractivity contribution in [1.29, 1.82) is 0 Å². The molecule has 2 aromatic carbocycles. The van der Waals surface area contributed by atoms with Gasteiger partial charge in [-0.3, -0.25) is 4.79 Å². The average molecular weight is 253 g/mol. The third-order valence-electron chi connectivity index (χ3n) is 4.00. The van der Waals surface area contributed by atoms with Crippen LogP contribution in [0.5, 0.6) is 0 Å². The second-order valence-electron chi connectivity index (χ2n) is 4.98. The summed E-state index contributed by atoms with van der Waals surface area (Å²) in [6, 6.07) is 9.96. The first-order valence-corrected chi connectivity index (χ1v) is 6.40. The lowest BCUT2D eigenvalue weighted by molar-refractivity contribution is 0.1000. The van der Waals surface area contributed by atoms with Gasteiger partial charge in [0.2, 0.25) is 5.91 Å². The predicted octanol–water partition coefficient (Wildman–Crippen LogP) is 3.69. The highest BCUT2D eigenvalue weighted by atomic mass is 16.1. The van der Waals surface area contributed by atoms with Gasteiger partial charge in [-0.05, 0) is 61.1 Å². The first kappa shape index (κ1) is 13.3. The number of primary amides is 1. The summed E-state index contributed by atoms with van der Waals surface area (Å²) in [4.78, 5) is 11.9. The van der Waals surface area contributed by atoms with E-state index in [9.17, 15) is 4.79 Å². The highest BCUT2D eigenvalue weighted by Gasteiger charge is 2.19.